The molecule has 0 bridgehead atoms. The number of hydrogen-bond donors (Lipinski definition) is 2. The molecule has 0 aliphatic rings. The van der Waals surface area contributed by atoms with Crippen molar-refractivity contribution >= 4 is 17.5 Å². The number of rotatable bonds is 4. The maximum Gasteiger partial charge on any atom is 0.271 e. The maximum atomic E-state index is 11.9. The highest BCUT2D eigenvalue weighted by Crippen LogP contribution is 2.16. The Kier molecular flexibility index (Phi) is 4.65. The van der Waals surface area contributed by atoms with Crippen molar-refractivity contribution in [2.24, 2.45) is 5.73 Å². The normalized spacial score (nSPS) is 11.7. The van der Waals surface area contributed by atoms with Gasteiger partial charge in [-0.1, -0.05) is 25.4 Å². The van der Waals surface area contributed by atoms with Crippen LogP contribution in [0.15, 0.2) is 6.20 Å². The predicted molar refractivity (Wildman–Crippen MR) is 71.7 cm³/mol. The number of carbonyl (C=O) groups is 1. The minimum Gasteiger partial charge on any atom is -0.349 e. The number of halogens is 1. The van der Waals surface area contributed by atoms with Gasteiger partial charge in [-0.2, -0.15) is 0 Å². The summed E-state index contributed by atoms with van der Waals surface area (Å²) in [4.78, 5) is 20.2. The lowest BCUT2D eigenvalue weighted by molar-refractivity contribution is 0.0940. The van der Waals surface area contributed by atoms with E-state index in [1.807, 2.05) is 27.7 Å². The van der Waals surface area contributed by atoms with Crippen LogP contribution in [-0.2, 0) is 0 Å². The van der Waals surface area contributed by atoms with Crippen molar-refractivity contribution in [3.63, 3.8) is 0 Å². The van der Waals surface area contributed by atoms with E-state index < -0.39 is 5.54 Å². The molecule has 18 heavy (non-hydrogen) atoms. The zero-order chi connectivity index (χ0) is 13.9. The summed E-state index contributed by atoms with van der Waals surface area (Å²) >= 11 is 5.93. The van der Waals surface area contributed by atoms with Crippen molar-refractivity contribution in [3.05, 3.63) is 22.7 Å². The highest BCUT2D eigenvalue weighted by atomic mass is 35.5. The van der Waals surface area contributed by atoms with E-state index >= 15 is 0 Å². The predicted octanol–water partition coefficient (Wildman–Crippen LogP) is 1.72. The zero-order valence-corrected chi connectivity index (χ0v) is 11.9. The minimum absolute atomic E-state index is 0.139. The van der Waals surface area contributed by atoms with Crippen molar-refractivity contribution < 1.29 is 4.79 Å². The summed E-state index contributed by atoms with van der Waals surface area (Å²) in [6, 6.07) is 0. The molecule has 100 valence electrons. The molecular formula is C12H19ClN4O. The van der Waals surface area contributed by atoms with Crippen molar-refractivity contribution in [2.45, 2.75) is 39.2 Å². The average molecular weight is 271 g/mol. The fraction of sp³-hybridized carbons (Fsp3) is 0.583. The standard InChI is InChI=1S/C12H19ClN4O/c1-7(2)10-15-5-8(13)9(17-10)11(18)16-6-12(3,4)14/h5,7H,6,14H2,1-4H3,(H,16,18). The third-order valence-corrected chi connectivity index (χ3v) is 2.48. The maximum absolute atomic E-state index is 11.9. The number of hydrogen-bond acceptors (Lipinski definition) is 4. The summed E-state index contributed by atoms with van der Waals surface area (Å²) < 4.78 is 0. The molecule has 0 saturated carbocycles. The van der Waals surface area contributed by atoms with Crippen LogP contribution in [-0.4, -0.2) is 28.0 Å². The molecule has 0 aliphatic heterocycles. The van der Waals surface area contributed by atoms with E-state index in [-0.39, 0.29) is 22.5 Å². The fourth-order valence-electron chi connectivity index (χ4n) is 1.21. The van der Waals surface area contributed by atoms with Gasteiger partial charge in [0, 0.05) is 18.0 Å². The van der Waals surface area contributed by atoms with Gasteiger partial charge in [-0.15, -0.1) is 0 Å². The molecule has 0 aromatic carbocycles. The van der Waals surface area contributed by atoms with Crippen LogP contribution in [0, 0.1) is 0 Å². The third kappa shape index (κ3) is 4.23. The first-order valence-corrected chi connectivity index (χ1v) is 6.18. The summed E-state index contributed by atoms with van der Waals surface area (Å²) in [5.41, 5.74) is 5.52. The van der Waals surface area contributed by atoms with E-state index in [0.717, 1.165) is 0 Å². The van der Waals surface area contributed by atoms with Gasteiger partial charge < -0.3 is 11.1 Å². The summed E-state index contributed by atoms with van der Waals surface area (Å²) in [6.45, 7) is 7.91. The molecule has 6 heteroatoms. The van der Waals surface area contributed by atoms with E-state index in [0.29, 0.717) is 12.4 Å². The minimum atomic E-state index is -0.476. The largest absolute Gasteiger partial charge is 0.349 e. The second kappa shape index (κ2) is 5.63. The van der Waals surface area contributed by atoms with Crippen molar-refractivity contribution in [2.75, 3.05) is 6.54 Å². The number of nitrogens with two attached hydrogens (primary N) is 1. The molecule has 0 saturated heterocycles. The lowest BCUT2D eigenvalue weighted by atomic mass is 10.1. The number of aromatic nitrogens is 2. The Balaban J connectivity index is 2.88. The van der Waals surface area contributed by atoms with Crippen molar-refractivity contribution in [3.8, 4) is 0 Å². The van der Waals surface area contributed by atoms with Crippen LogP contribution >= 0.6 is 11.6 Å². The molecule has 0 atom stereocenters. The number of nitrogens with zero attached hydrogens (tertiary/aromatic N) is 2. The van der Waals surface area contributed by atoms with Crippen molar-refractivity contribution in [1.82, 2.24) is 15.3 Å². The van der Waals surface area contributed by atoms with Gasteiger partial charge in [-0.3, -0.25) is 4.79 Å². The molecule has 1 heterocycles. The molecule has 0 radical (unpaired) electrons. The Hall–Kier alpha value is -1.20. The van der Waals surface area contributed by atoms with Gasteiger partial charge in [-0.25, -0.2) is 9.97 Å². The van der Waals surface area contributed by atoms with Crippen LogP contribution in [0.5, 0.6) is 0 Å². The molecule has 3 N–H and O–H groups in total. The second-order valence-electron chi connectivity index (χ2n) is 5.25. The summed E-state index contributed by atoms with van der Waals surface area (Å²) in [7, 11) is 0. The Bertz CT molecular complexity index is 440. The van der Waals surface area contributed by atoms with Crippen LogP contribution in [0.1, 0.15) is 49.9 Å². The molecule has 1 aromatic heterocycles. The number of nitrogens with one attached hydrogen (secondary N) is 1. The van der Waals surface area contributed by atoms with Gasteiger partial charge in [0.05, 0.1) is 11.2 Å². The monoisotopic (exact) mass is 270 g/mol. The molecular weight excluding hydrogens is 252 g/mol. The van der Waals surface area contributed by atoms with E-state index in [2.05, 4.69) is 15.3 Å². The van der Waals surface area contributed by atoms with Gasteiger partial charge >= 0.3 is 0 Å². The van der Waals surface area contributed by atoms with E-state index in [1.54, 1.807) is 0 Å². The fourth-order valence-corrected chi connectivity index (χ4v) is 1.39. The van der Waals surface area contributed by atoms with Gasteiger partial charge in [0.15, 0.2) is 0 Å². The lowest BCUT2D eigenvalue weighted by Gasteiger charge is -2.19. The van der Waals surface area contributed by atoms with Gasteiger partial charge in [0.1, 0.15) is 11.5 Å². The number of amides is 1. The quantitative estimate of drug-likeness (QED) is 0.873. The number of carbonyl (C=O) groups excluding carboxylic acids is 1. The third-order valence-electron chi connectivity index (χ3n) is 2.20. The molecule has 1 amide bonds. The summed E-state index contributed by atoms with van der Waals surface area (Å²) in [5, 5.41) is 2.95. The van der Waals surface area contributed by atoms with Crippen LogP contribution in [0.4, 0.5) is 0 Å². The van der Waals surface area contributed by atoms with Crippen LogP contribution < -0.4 is 11.1 Å². The van der Waals surface area contributed by atoms with E-state index in [1.165, 1.54) is 6.20 Å². The van der Waals surface area contributed by atoms with Crippen LogP contribution in [0.2, 0.25) is 5.02 Å². The topological polar surface area (TPSA) is 80.9 Å². The molecule has 0 fully saturated rings. The Morgan fingerprint density at radius 1 is 1.56 bits per heavy atom. The van der Waals surface area contributed by atoms with Gasteiger partial charge in [0.2, 0.25) is 0 Å². The highest BCUT2D eigenvalue weighted by molar-refractivity contribution is 6.33. The summed E-state index contributed by atoms with van der Waals surface area (Å²) in [5.74, 6) is 0.402. The Morgan fingerprint density at radius 3 is 2.67 bits per heavy atom. The molecule has 1 aromatic rings. The van der Waals surface area contributed by atoms with Gasteiger partial charge in [-0.05, 0) is 13.8 Å². The van der Waals surface area contributed by atoms with Gasteiger partial charge in [0.25, 0.3) is 5.91 Å². The summed E-state index contributed by atoms with van der Waals surface area (Å²) in [6.07, 6.45) is 1.45. The smallest absolute Gasteiger partial charge is 0.271 e. The van der Waals surface area contributed by atoms with Crippen LogP contribution in [0.25, 0.3) is 0 Å². The molecule has 0 unspecified atom stereocenters. The molecule has 0 spiro atoms. The molecule has 0 aliphatic carbocycles. The first kappa shape index (κ1) is 14.9. The Labute approximate surface area is 112 Å². The zero-order valence-electron chi connectivity index (χ0n) is 11.1. The second-order valence-corrected chi connectivity index (χ2v) is 5.66. The van der Waals surface area contributed by atoms with E-state index in [9.17, 15) is 4.79 Å². The van der Waals surface area contributed by atoms with E-state index in [4.69, 9.17) is 17.3 Å². The Morgan fingerprint density at radius 2 is 2.17 bits per heavy atom. The first-order chi connectivity index (χ1) is 8.20. The SMILES string of the molecule is CC(C)c1ncc(Cl)c(C(=O)NCC(C)(C)N)n1. The average Bonchev–Trinajstić information content (AvgIpc) is 2.25. The van der Waals surface area contributed by atoms with Crippen LogP contribution in [0.3, 0.4) is 0 Å². The molecule has 5 nitrogen and oxygen atoms in total. The van der Waals surface area contributed by atoms with Crippen molar-refractivity contribution in [1.29, 1.82) is 0 Å². The first-order valence-electron chi connectivity index (χ1n) is 5.80. The molecule has 1 rings (SSSR count). The lowest BCUT2D eigenvalue weighted by Crippen LogP contribution is -2.45. The highest BCUT2D eigenvalue weighted by Gasteiger charge is 2.18.